The normalized spacial score (nSPS) is 22.9. The minimum absolute atomic E-state index is 0.307. The summed E-state index contributed by atoms with van der Waals surface area (Å²) in [6.07, 6.45) is 0.398. The van der Waals surface area contributed by atoms with E-state index in [9.17, 15) is 18.0 Å². The Morgan fingerprint density at radius 2 is 1.71 bits per heavy atom. The van der Waals surface area contributed by atoms with E-state index >= 15 is 0 Å². The van der Waals surface area contributed by atoms with Crippen molar-refractivity contribution in [3.8, 4) is 0 Å². The Hall–Kier alpha value is -1.86. The molecule has 0 spiro atoms. The van der Waals surface area contributed by atoms with E-state index in [1.165, 1.54) is 4.90 Å². The van der Waals surface area contributed by atoms with Gasteiger partial charge >= 0.3 is 6.18 Å². The van der Waals surface area contributed by atoms with E-state index in [1.807, 2.05) is 0 Å². The fourth-order valence-corrected chi connectivity index (χ4v) is 3.71. The van der Waals surface area contributed by atoms with Crippen molar-refractivity contribution in [1.82, 2.24) is 14.9 Å². The Morgan fingerprint density at radius 3 is 2.33 bits per heavy atom. The third-order valence-electron chi connectivity index (χ3n) is 4.97. The van der Waals surface area contributed by atoms with Crippen LogP contribution in [0.1, 0.15) is 25.7 Å². The minimum Gasteiger partial charge on any atom is -0.342 e. The molecule has 0 N–H and O–H groups in total. The number of carbonyl (C=O) groups excluding carboxylic acids is 1. The number of anilines is 1. The minimum atomic E-state index is -4.42. The number of carbonyl (C=O) groups is 1. The van der Waals surface area contributed by atoms with Gasteiger partial charge in [0.05, 0.1) is 0 Å². The van der Waals surface area contributed by atoms with E-state index in [-0.39, 0.29) is 0 Å². The first-order chi connectivity index (χ1) is 11.4. The smallest absolute Gasteiger partial charge is 0.342 e. The number of rotatable bonds is 3. The van der Waals surface area contributed by atoms with E-state index in [0.29, 0.717) is 24.9 Å². The van der Waals surface area contributed by atoms with Crippen molar-refractivity contribution in [1.29, 1.82) is 0 Å². The highest BCUT2D eigenvalue weighted by molar-refractivity contribution is 5.77. The number of piperidine rings is 1. The lowest BCUT2D eigenvalue weighted by Gasteiger charge is -2.34. The first-order valence-electron chi connectivity index (χ1n) is 8.29. The van der Waals surface area contributed by atoms with E-state index in [0.717, 1.165) is 38.3 Å². The molecule has 0 radical (unpaired) electrons. The van der Waals surface area contributed by atoms with Crippen LogP contribution in [0.25, 0.3) is 0 Å². The summed E-state index contributed by atoms with van der Waals surface area (Å²) in [5, 5.41) is 0. The van der Waals surface area contributed by atoms with Gasteiger partial charge in [-0.3, -0.25) is 4.79 Å². The third kappa shape index (κ3) is 4.15. The van der Waals surface area contributed by atoms with Gasteiger partial charge in [-0.15, -0.1) is 0 Å². The highest BCUT2D eigenvalue weighted by atomic mass is 19.4. The van der Waals surface area contributed by atoms with Crippen molar-refractivity contribution in [2.75, 3.05) is 31.1 Å². The van der Waals surface area contributed by atoms with E-state index < -0.39 is 18.5 Å². The number of halogens is 3. The molecule has 0 unspecified atom stereocenters. The predicted octanol–water partition coefficient (Wildman–Crippen LogP) is 2.49. The maximum absolute atomic E-state index is 12.4. The molecule has 0 saturated carbocycles. The van der Waals surface area contributed by atoms with Crippen LogP contribution < -0.4 is 4.90 Å². The second-order valence-electron chi connectivity index (χ2n) is 6.55. The van der Waals surface area contributed by atoms with Gasteiger partial charge in [0, 0.05) is 38.6 Å². The summed E-state index contributed by atoms with van der Waals surface area (Å²) >= 11 is 0. The summed E-state index contributed by atoms with van der Waals surface area (Å²) in [6, 6.07) is 1.78. The van der Waals surface area contributed by atoms with Crippen LogP contribution in [0.15, 0.2) is 18.5 Å². The largest absolute Gasteiger partial charge is 0.397 e. The van der Waals surface area contributed by atoms with Crippen LogP contribution in [0.3, 0.4) is 0 Å². The average molecular weight is 342 g/mol. The molecule has 1 aromatic rings. The first-order valence-corrected chi connectivity index (χ1v) is 8.29. The summed E-state index contributed by atoms with van der Waals surface area (Å²) in [6.45, 7) is 2.60. The summed E-state index contributed by atoms with van der Waals surface area (Å²) < 4.78 is 37.1. The van der Waals surface area contributed by atoms with Crippen LogP contribution in [0.2, 0.25) is 0 Å². The zero-order chi connectivity index (χ0) is 17.2. The summed E-state index contributed by atoms with van der Waals surface area (Å²) in [5.41, 5.74) is 0. The number of alkyl halides is 3. The van der Waals surface area contributed by atoms with Gasteiger partial charge in [-0.2, -0.15) is 13.2 Å². The van der Waals surface area contributed by atoms with Gasteiger partial charge in [0.2, 0.25) is 11.9 Å². The van der Waals surface area contributed by atoms with Crippen LogP contribution in [0, 0.1) is 11.8 Å². The van der Waals surface area contributed by atoms with Gasteiger partial charge in [-0.25, -0.2) is 9.97 Å². The third-order valence-corrected chi connectivity index (χ3v) is 4.97. The molecule has 0 aromatic carbocycles. The number of hydrogen-bond acceptors (Lipinski definition) is 4. The molecule has 3 rings (SSSR count). The first kappa shape index (κ1) is 17.0. The molecular weight excluding hydrogens is 321 g/mol. The highest BCUT2D eigenvalue weighted by Gasteiger charge is 2.38. The second-order valence-corrected chi connectivity index (χ2v) is 6.55. The summed E-state index contributed by atoms with van der Waals surface area (Å²) in [4.78, 5) is 23.7. The zero-order valence-electron chi connectivity index (χ0n) is 13.4. The van der Waals surface area contributed by atoms with Crippen LogP contribution in [-0.2, 0) is 4.79 Å². The molecule has 2 saturated heterocycles. The van der Waals surface area contributed by atoms with Crippen molar-refractivity contribution >= 4 is 11.9 Å². The average Bonchev–Trinajstić information content (AvgIpc) is 3.04. The Morgan fingerprint density at radius 1 is 1.08 bits per heavy atom. The van der Waals surface area contributed by atoms with E-state index in [2.05, 4.69) is 14.9 Å². The number of likely N-dealkylation sites (tertiary alicyclic amines) is 1. The van der Waals surface area contributed by atoms with Crippen molar-refractivity contribution in [3.63, 3.8) is 0 Å². The van der Waals surface area contributed by atoms with E-state index in [4.69, 9.17) is 0 Å². The number of aromatic nitrogens is 2. The fourth-order valence-electron chi connectivity index (χ4n) is 3.71. The molecule has 1 aromatic heterocycles. The lowest BCUT2D eigenvalue weighted by atomic mass is 9.84. The molecule has 0 bridgehead atoms. The quantitative estimate of drug-likeness (QED) is 0.847. The van der Waals surface area contributed by atoms with Crippen molar-refractivity contribution in [2.24, 2.45) is 11.8 Å². The second kappa shape index (κ2) is 6.94. The van der Waals surface area contributed by atoms with Crippen molar-refractivity contribution < 1.29 is 18.0 Å². The summed E-state index contributed by atoms with van der Waals surface area (Å²) in [5.74, 6) is 0.694. The van der Waals surface area contributed by atoms with Crippen LogP contribution in [-0.4, -0.2) is 53.1 Å². The molecular formula is C16H21F3N4O. The highest BCUT2D eigenvalue weighted by Crippen LogP contribution is 2.33. The molecule has 3 heterocycles. The van der Waals surface area contributed by atoms with Gasteiger partial charge in [0.1, 0.15) is 6.42 Å². The maximum Gasteiger partial charge on any atom is 0.397 e. The Balaban J connectivity index is 1.48. The molecule has 2 fully saturated rings. The zero-order valence-corrected chi connectivity index (χ0v) is 13.4. The van der Waals surface area contributed by atoms with Crippen molar-refractivity contribution in [2.45, 2.75) is 31.9 Å². The molecule has 1 amide bonds. The SMILES string of the molecule is O=C(CC(F)(F)F)N1CC[C@@H](C2CCN(c3ncccn3)CC2)C1. The number of amides is 1. The van der Waals surface area contributed by atoms with Crippen LogP contribution in [0.5, 0.6) is 0 Å². The van der Waals surface area contributed by atoms with Crippen LogP contribution >= 0.6 is 0 Å². The van der Waals surface area contributed by atoms with Gasteiger partial charge in [-0.1, -0.05) is 0 Å². The Bertz CT molecular complexity index is 558. The number of hydrogen-bond donors (Lipinski definition) is 0. The maximum atomic E-state index is 12.4. The molecule has 24 heavy (non-hydrogen) atoms. The molecule has 2 aliphatic heterocycles. The molecule has 132 valence electrons. The van der Waals surface area contributed by atoms with Gasteiger partial charge < -0.3 is 9.80 Å². The predicted molar refractivity (Wildman–Crippen MR) is 82.3 cm³/mol. The standard InChI is InChI=1S/C16H21F3N4O/c17-16(18,19)10-14(24)23-9-4-13(11-23)12-2-7-22(8-3-12)15-20-5-1-6-21-15/h1,5-6,12-13H,2-4,7-11H2/t13-/m1/s1. The monoisotopic (exact) mass is 342 g/mol. The lowest BCUT2D eigenvalue weighted by molar-refractivity contribution is -0.160. The Labute approximate surface area is 138 Å². The Kier molecular flexibility index (Phi) is 4.91. The number of nitrogens with zero attached hydrogens (tertiary/aromatic N) is 4. The summed E-state index contributed by atoms with van der Waals surface area (Å²) in [7, 11) is 0. The fraction of sp³-hybridized carbons (Fsp3) is 0.688. The van der Waals surface area contributed by atoms with Gasteiger partial charge in [-0.05, 0) is 37.2 Å². The molecule has 1 atom stereocenters. The molecule has 2 aliphatic rings. The lowest BCUT2D eigenvalue weighted by Crippen LogP contribution is -2.38. The van der Waals surface area contributed by atoms with E-state index in [1.54, 1.807) is 18.5 Å². The van der Waals surface area contributed by atoms with Crippen molar-refractivity contribution in [3.05, 3.63) is 18.5 Å². The molecule has 5 nitrogen and oxygen atoms in total. The topological polar surface area (TPSA) is 49.3 Å². The van der Waals surface area contributed by atoms with Crippen LogP contribution in [0.4, 0.5) is 19.1 Å². The molecule has 0 aliphatic carbocycles. The van der Waals surface area contributed by atoms with Gasteiger partial charge in [0.15, 0.2) is 0 Å². The molecule has 8 heteroatoms. The van der Waals surface area contributed by atoms with Gasteiger partial charge in [0.25, 0.3) is 0 Å².